The average Bonchev–Trinajstić information content (AvgIpc) is 2.53. The zero-order valence-electron chi connectivity index (χ0n) is 9.22. The summed E-state index contributed by atoms with van der Waals surface area (Å²) in [6, 6.07) is 0. The van der Waals surface area contributed by atoms with Crippen LogP contribution in [0.4, 0.5) is 18.2 Å². The number of rotatable bonds is 5. The maximum absolute atomic E-state index is 11.9. The van der Waals surface area contributed by atoms with E-state index in [4.69, 9.17) is 0 Å². The third-order valence-corrected chi connectivity index (χ3v) is 3.50. The van der Waals surface area contributed by atoms with Gasteiger partial charge in [-0.3, -0.25) is 4.79 Å². The first-order chi connectivity index (χ1) is 7.81. The van der Waals surface area contributed by atoms with Crippen molar-refractivity contribution >= 4 is 34.1 Å². The summed E-state index contributed by atoms with van der Waals surface area (Å²) in [6.45, 7) is 3.25. The molecule has 0 aliphatic rings. The topological polar surface area (TPSA) is 42.0 Å². The van der Waals surface area contributed by atoms with Gasteiger partial charge >= 0.3 is 5.51 Å². The highest BCUT2D eigenvalue weighted by Crippen LogP contribution is 2.30. The number of anilines is 1. The van der Waals surface area contributed by atoms with E-state index in [2.05, 4.69) is 9.69 Å². The number of Topliss-reactive ketones (excluding diaryl/α,β-unsaturated/α-hetero) is 1. The second-order valence-corrected chi connectivity index (χ2v) is 5.18. The van der Waals surface area contributed by atoms with Crippen molar-refractivity contribution in [1.29, 1.82) is 0 Å². The van der Waals surface area contributed by atoms with Crippen molar-refractivity contribution in [3.05, 3.63) is 11.3 Å². The number of aryl methyl sites for hydroxylation is 1. The SMILES string of the molecule is CC(=O)c1c(C)nsc1NCCSC(F)(F)F. The van der Waals surface area contributed by atoms with Crippen LogP contribution in [-0.4, -0.2) is 28.0 Å². The third kappa shape index (κ3) is 4.55. The number of nitrogens with one attached hydrogen (secondary N) is 1. The largest absolute Gasteiger partial charge is 0.441 e. The molecule has 0 amide bonds. The second kappa shape index (κ2) is 5.72. The summed E-state index contributed by atoms with van der Waals surface area (Å²) in [4.78, 5) is 11.3. The number of carbonyl (C=O) groups is 1. The van der Waals surface area contributed by atoms with E-state index in [1.807, 2.05) is 0 Å². The first kappa shape index (κ1) is 14.3. The summed E-state index contributed by atoms with van der Waals surface area (Å²) in [5.74, 6) is -0.236. The summed E-state index contributed by atoms with van der Waals surface area (Å²) >= 11 is 1.00. The van der Waals surface area contributed by atoms with Crippen LogP contribution in [0, 0.1) is 6.92 Å². The summed E-state index contributed by atoms with van der Waals surface area (Å²) < 4.78 is 39.6. The van der Waals surface area contributed by atoms with E-state index >= 15 is 0 Å². The Morgan fingerprint density at radius 1 is 1.53 bits per heavy atom. The van der Waals surface area contributed by atoms with E-state index in [0.29, 0.717) is 16.3 Å². The maximum Gasteiger partial charge on any atom is 0.441 e. The summed E-state index contributed by atoms with van der Waals surface area (Å²) in [5.41, 5.74) is -3.14. The van der Waals surface area contributed by atoms with Gasteiger partial charge in [-0.15, -0.1) is 0 Å². The van der Waals surface area contributed by atoms with Crippen molar-refractivity contribution < 1.29 is 18.0 Å². The van der Waals surface area contributed by atoms with Gasteiger partial charge in [-0.05, 0) is 37.1 Å². The van der Waals surface area contributed by atoms with Gasteiger partial charge in [-0.25, -0.2) is 0 Å². The van der Waals surface area contributed by atoms with E-state index in [0.717, 1.165) is 11.5 Å². The first-order valence-corrected chi connectivity index (χ1v) is 6.49. The first-order valence-electron chi connectivity index (χ1n) is 4.73. The van der Waals surface area contributed by atoms with E-state index < -0.39 is 5.51 Å². The number of alkyl halides is 3. The lowest BCUT2D eigenvalue weighted by atomic mass is 10.2. The highest BCUT2D eigenvalue weighted by molar-refractivity contribution is 8.00. The van der Waals surface area contributed by atoms with Crippen molar-refractivity contribution in [2.45, 2.75) is 19.4 Å². The van der Waals surface area contributed by atoms with Gasteiger partial charge in [0, 0.05) is 12.3 Å². The maximum atomic E-state index is 11.9. The van der Waals surface area contributed by atoms with Crippen LogP contribution in [0.15, 0.2) is 0 Å². The number of hydrogen-bond donors (Lipinski definition) is 1. The Balaban J connectivity index is 2.50. The Kier molecular flexibility index (Phi) is 4.81. The molecule has 0 aliphatic heterocycles. The molecule has 0 atom stereocenters. The van der Waals surface area contributed by atoms with Crippen molar-refractivity contribution in [1.82, 2.24) is 4.37 Å². The molecule has 1 aromatic heterocycles. The molecule has 1 heterocycles. The molecule has 0 saturated carbocycles. The lowest BCUT2D eigenvalue weighted by molar-refractivity contribution is -0.0327. The third-order valence-electron chi connectivity index (χ3n) is 1.87. The molecule has 96 valence electrons. The molecule has 0 saturated heterocycles. The molecule has 0 fully saturated rings. The number of halogens is 3. The number of nitrogens with zero attached hydrogens (tertiary/aromatic N) is 1. The molecular weight excluding hydrogens is 273 g/mol. The fraction of sp³-hybridized carbons (Fsp3) is 0.556. The van der Waals surface area contributed by atoms with Gasteiger partial charge in [-0.1, -0.05) is 0 Å². The van der Waals surface area contributed by atoms with E-state index in [1.165, 1.54) is 6.92 Å². The molecule has 0 bridgehead atoms. The lowest BCUT2D eigenvalue weighted by Gasteiger charge is -2.07. The van der Waals surface area contributed by atoms with Gasteiger partial charge in [0.15, 0.2) is 5.78 Å². The molecule has 1 aromatic rings. The van der Waals surface area contributed by atoms with Crippen LogP contribution in [-0.2, 0) is 0 Å². The Morgan fingerprint density at radius 2 is 2.18 bits per heavy atom. The van der Waals surface area contributed by atoms with E-state index in [9.17, 15) is 18.0 Å². The molecule has 0 unspecified atom stereocenters. The van der Waals surface area contributed by atoms with Crippen LogP contribution in [0.2, 0.25) is 0 Å². The average molecular weight is 284 g/mol. The fourth-order valence-corrected chi connectivity index (χ4v) is 2.54. The minimum absolute atomic E-state index is 0.0893. The molecule has 8 heteroatoms. The van der Waals surface area contributed by atoms with Crippen LogP contribution in [0.1, 0.15) is 23.0 Å². The minimum atomic E-state index is -4.21. The monoisotopic (exact) mass is 284 g/mol. The second-order valence-electron chi connectivity index (χ2n) is 3.25. The summed E-state index contributed by atoms with van der Waals surface area (Å²) in [6.07, 6.45) is 0. The van der Waals surface area contributed by atoms with Gasteiger partial charge < -0.3 is 5.32 Å². The molecule has 3 nitrogen and oxygen atoms in total. The highest BCUT2D eigenvalue weighted by Gasteiger charge is 2.27. The zero-order chi connectivity index (χ0) is 13.1. The normalized spacial score (nSPS) is 11.6. The number of ketones is 1. The van der Waals surface area contributed by atoms with Gasteiger partial charge in [-0.2, -0.15) is 17.5 Å². The number of aromatic nitrogens is 1. The van der Waals surface area contributed by atoms with Crippen LogP contribution < -0.4 is 5.32 Å². The molecule has 1 rings (SSSR count). The fourth-order valence-electron chi connectivity index (χ4n) is 1.24. The number of carbonyl (C=O) groups excluding carboxylic acids is 1. The summed E-state index contributed by atoms with van der Waals surface area (Å²) in [5, 5.41) is 3.34. The lowest BCUT2D eigenvalue weighted by Crippen LogP contribution is -2.10. The highest BCUT2D eigenvalue weighted by atomic mass is 32.2. The number of hydrogen-bond acceptors (Lipinski definition) is 5. The quantitative estimate of drug-likeness (QED) is 0.665. The zero-order valence-corrected chi connectivity index (χ0v) is 10.9. The molecule has 0 aromatic carbocycles. The van der Waals surface area contributed by atoms with Crippen molar-refractivity contribution in [3.8, 4) is 0 Å². The van der Waals surface area contributed by atoms with Crippen LogP contribution in [0.5, 0.6) is 0 Å². The van der Waals surface area contributed by atoms with Crippen LogP contribution in [0.3, 0.4) is 0 Å². The molecule has 0 spiro atoms. The molecular formula is C9H11F3N2OS2. The smallest absolute Gasteiger partial charge is 0.374 e. The van der Waals surface area contributed by atoms with Gasteiger partial charge in [0.05, 0.1) is 11.3 Å². The van der Waals surface area contributed by atoms with Gasteiger partial charge in [0.1, 0.15) is 5.00 Å². The van der Waals surface area contributed by atoms with E-state index in [-0.39, 0.29) is 29.8 Å². The Labute approximate surface area is 105 Å². The standard InChI is InChI=1S/C9H11F3N2OS2/c1-5-7(6(2)15)8(17-14-5)13-3-4-16-9(10,11)12/h13H,3-4H2,1-2H3. The molecule has 1 N–H and O–H groups in total. The Bertz CT molecular complexity index is 403. The minimum Gasteiger partial charge on any atom is -0.374 e. The summed E-state index contributed by atoms with van der Waals surface area (Å²) in [7, 11) is 0. The molecule has 0 radical (unpaired) electrons. The van der Waals surface area contributed by atoms with Crippen molar-refractivity contribution in [3.63, 3.8) is 0 Å². The van der Waals surface area contributed by atoms with Gasteiger partial charge in [0.2, 0.25) is 0 Å². The van der Waals surface area contributed by atoms with Crippen molar-refractivity contribution in [2.24, 2.45) is 0 Å². The predicted octanol–water partition coefficient (Wildman–Crippen LogP) is 3.32. The van der Waals surface area contributed by atoms with E-state index in [1.54, 1.807) is 6.92 Å². The predicted molar refractivity (Wildman–Crippen MR) is 63.9 cm³/mol. The van der Waals surface area contributed by atoms with Gasteiger partial charge in [0.25, 0.3) is 0 Å². The van der Waals surface area contributed by atoms with Crippen LogP contribution >= 0.6 is 23.3 Å². The number of thioether (sulfide) groups is 1. The van der Waals surface area contributed by atoms with Crippen LogP contribution in [0.25, 0.3) is 0 Å². The molecule has 0 aliphatic carbocycles. The Hall–Kier alpha value is -0.760. The van der Waals surface area contributed by atoms with Crippen molar-refractivity contribution in [2.75, 3.05) is 17.6 Å². The Morgan fingerprint density at radius 3 is 2.71 bits per heavy atom. The molecule has 17 heavy (non-hydrogen) atoms.